The normalized spacial score (nSPS) is 10.3. The molecule has 9 nitrogen and oxygen atoms in total. The fourth-order valence-electron chi connectivity index (χ4n) is 2.77. The zero-order valence-corrected chi connectivity index (χ0v) is 16.7. The molecule has 3 aromatic rings. The van der Waals surface area contributed by atoms with Gasteiger partial charge in [0.15, 0.2) is 12.4 Å². The fraction of sp³-hybridized carbons (Fsp3) is 0.190. The summed E-state index contributed by atoms with van der Waals surface area (Å²) < 4.78 is 5.13. The summed E-state index contributed by atoms with van der Waals surface area (Å²) in [6.45, 7) is 3.33. The van der Waals surface area contributed by atoms with Gasteiger partial charge in [0.2, 0.25) is 11.9 Å². The molecule has 2 aromatic carbocycles. The Labute approximate surface area is 173 Å². The maximum atomic E-state index is 12.2. The highest BCUT2D eigenvalue weighted by Gasteiger charge is 2.12. The zero-order valence-electron chi connectivity index (χ0n) is 16.7. The third kappa shape index (κ3) is 5.99. The highest BCUT2D eigenvalue weighted by atomic mass is 16.5. The van der Waals surface area contributed by atoms with Crippen molar-refractivity contribution < 1.29 is 14.3 Å². The summed E-state index contributed by atoms with van der Waals surface area (Å²) in [4.78, 5) is 36.4. The van der Waals surface area contributed by atoms with Crippen molar-refractivity contribution in [1.29, 1.82) is 0 Å². The van der Waals surface area contributed by atoms with E-state index in [1.807, 2.05) is 50.2 Å². The van der Waals surface area contributed by atoms with Gasteiger partial charge < -0.3 is 21.1 Å². The molecule has 0 unspecified atom stereocenters. The summed E-state index contributed by atoms with van der Waals surface area (Å²) in [6, 6.07) is 14.8. The molecule has 1 heterocycles. The van der Waals surface area contributed by atoms with Crippen LogP contribution in [0.1, 0.15) is 27.3 Å². The molecule has 0 aliphatic heterocycles. The van der Waals surface area contributed by atoms with E-state index in [9.17, 15) is 9.59 Å². The number of anilines is 3. The summed E-state index contributed by atoms with van der Waals surface area (Å²) in [5.74, 6) is -0.544. The van der Waals surface area contributed by atoms with Gasteiger partial charge in [-0.1, -0.05) is 35.4 Å². The Kier molecular flexibility index (Phi) is 6.53. The van der Waals surface area contributed by atoms with E-state index in [-0.39, 0.29) is 36.8 Å². The summed E-state index contributed by atoms with van der Waals surface area (Å²) in [6.07, 6.45) is 0. The number of aromatic nitrogens is 3. The number of amides is 1. The van der Waals surface area contributed by atoms with E-state index in [2.05, 4.69) is 25.6 Å². The zero-order chi connectivity index (χ0) is 21.5. The van der Waals surface area contributed by atoms with Gasteiger partial charge in [-0.15, -0.1) is 0 Å². The molecule has 0 spiro atoms. The van der Waals surface area contributed by atoms with Gasteiger partial charge >= 0.3 is 5.97 Å². The molecule has 0 aliphatic rings. The molecule has 0 saturated carbocycles. The number of hydrogen-bond donors (Lipinski definition) is 3. The van der Waals surface area contributed by atoms with Crippen LogP contribution in [0, 0.1) is 13.8 Å². The Morgan fingerprint density at radius 2 is 1.70 bits per heavy atom. The lowest BCUT2D eigenvalue weighted by atomic mass is 10.1. The van der Waals surface area contributed by atoms with Crippen molar-refractivity contribution in [2.45, 2.75) is 20.5 Å². The quantitative estimate of drug-likeness (QED) is 0.509. The standard InChI is InChI=1S/C21H22N6O3/c1-13-8-14(2)10-15(9-13)19(29)23-11-18(28)30-12-17-25-20(22)27-21(26-17)24-16-6-4-3-5-7-16/h3-10H,11-12H2,1-2H3,(H,23,29)(H3,22,24,25,26,27). The minimum absolute atomic E-state index is 0.00222. The summed E-state index contributed by atoms with van der Waals surface area (Å²) in [5.41, 5.74) is 8.91. The number of nitrogens with one attached hydrogen (secondary N) is 2. The number of carbonyl (C=O) groups excluding carboxylic acids is 2. The molecule has 1 aromatic heterocycles. The number of benzene rings is 2. The number of esters is 1. The third-order valence-corrected chi connectivity index (χ3v) is 3.97. The topological polar surface area (TPSA) is 132 Å². The van der Waals surface area contributed by atoms with Crippen molar-refractivity contribution >= 4 is 29.5 Å². The Balaban J connectivity index is 1.53. The van der Waals surface area contributed by atoms with Crippen molar-refractivity contribution in [3.05, 3.63) is 71.0 Å². The number of ether oxygens (including phenoxy) is 1. The first kappa shape index (κ1) is 20.7. The van der Waals surface area contributed by atoms with Crippen LogP contribution >= 0.6 is 0 Å². The van der Waals surface area contributed by atoms with Gasteiger partial charge in [0.05, 0.1) is 0 Å². The number of carbonyl (C=O) groups is 2. The lowest BCUT2D eigenvalue weighted by Crippen LogP contribution is -2.30. The van der Waals surface area contributed by atoms with Crippen molar-refractivity contribution in [1.82, 2.24) is 20.3 Å². The van der Waals surface area contributed by atoms with Crippen molar-refractivity contribution in [3.63, 3.8) is 0 Å². The maximum Gasteiger partial charge on any atom is 0.325 e. The van der Waals surface area contributed by atoms with Crippen LogP contribution in [0.4, 0.5) is 17.6 Å². The first-order chi connectivity index (χ1) is 14.4. The SMILES string of the molecule is Cc1cc(C)cc(C(=O)NCC(=O)OCc2nc(N)nc(Nc3ccccc3)n2)c1. The molecule has 0 aliphatic carbocycles. The number of aryl methyl sites for hydroxylation is 2. The number of para-hydroxylation sites is 1. The first-order valence-corrected chi connectivity index (χ1v) is 9.23. The van der Waals surface area contributed by atoms with Crippen molar-refractivity contribution in [2.24, 2.45) is 0 Å². The van der Waals surface area contributed by atoms with E-state index in [1.165, 1.54) is 0 Å². The molecule has 0 atom stereocenters. The molecule has 1 amide bonds. The van der Waals surface area contributed by atoms with Gasteiger partial charge in [-0.2, -0.15) is 15.0 Å². The molecular formula is C21H22N6O3. The van der Waals surface area contributed by atoms with E-state index in [4.69, 9.17) is 10.5 Å². The Hall–Kier alpha value is -4.01. The van der Waals surface area contributed by atoms with Gasteiger partial charge in [0.1, 0.15) is 6.54 Å². The second-order valence-electron chi connectivity index (χ2n) is 6.64. The molecule has 0 saturated heterocycles. The van der Waals surface area contributed by atoms with E-state index >= 15 is 0 Å². The van der Waals surface area contributed by atoms with Crippen LogP contribution in [0.2, 0.25) is 0 Å². The van der Waals surface area contributed by atoms with E-state index in [0.29, 0.717) is 5.56 Å². The van der Waals surface area contributed by atoms with Gasteiger partial charge in [-0.3, -0.25) is 9.59 Å². The highest BCUT2D eigenvalue weighted by Crippen LogP contribution is 2.13. The van der Waals surface area contributed by atoms with Crippen LogP contribution in [0.5, 0.6) is 0 Å². The smallest absolute Gasteiger partial charge is 0.325 e. The van der Waals surface area contributed by atoms with E-state index < -0.39 is 5.97 Å². The average Bonchev–Trinajstić information content (AvgIpc) is 2.70. The molecule has 0 fully saturated rings. The second-order valence-corrected chi connectivity index (χ2v) is 6.64. The lowest BCUT2D eigenvalue weighted by molar-refractivity contribution is -0.143. The monoisotopic (exact) mass is 406 g/mol. The number of nitrogen functional groups attached to an aromatic ring is 1. The molecule has 3 rings (SSSR count). The van der Waals surface area contributed by atoms with Gasteiger partial charge in [-0.25, -0.2) is 0 Å². The molecule has 9 heteroatoms. The van der Waals surface area contributed by atoms with Crippen LogP contribution in [-0.4, -0.2) is 33.4 Å². The Morgan fingerprint density at radius 3 is 2.40 bits per heavy atom. The number of nitrogens with zero attached hydrogens (tertiary/aromatic N) is 3. The summed E-state index contributed by atoms with van der Waals surface area (Å²) in [5, 5.41) is 5.54. The largest absolute Gasteiger partial charge is 0.456 e. The molecule has 154 valence electrons. The Bertz CT molecular complexity index is 1040. The second kappa shape index (κ2) is 9.46. The number of hydrogen-bond acceptors (Lipinski definition) is 8. The van der Waals surface area contributed by atoms with Gasteiger partial charge in [-0.05, 0) is 38.1 Å². The van der Waals surface area contributed by atoms with Crippen LogP contribution in [0.25, 0.3) is 0 Å². The minimum atomic E-state index is -0.621. The maximum absolute atomic E-state index is 12.2. The molecule has 0 bridgehead atoms. The van der Waals surface area contributed by atoms with Gasteiger partial charge in [0, 0.05) is 11.3 Å². The molecule has 4 N–H and O–H groups in total. The summed E-state index contributed by atoms with van der Waals surface area (Å²) >= 11 is 0. The molecular weight excluding hydrogens is 384 g/mol. The predicted octanol–water partition coefficient (Wildman–Crippen LogP) is 2.29. The first-order valence-electron chi connectivity index (χ1n) is 9.23. The van der Waals surface area contributed by atoms with Crippen LogP contribution in [0.15, 0.2) is 48.5 Å². The van der Waals surface area contributed by atoms with E-state index in [0.717, 1.165) is 16.8 Å². The average molecular weight is 406 g/mol. The van der Waals surface area contributed by atoms with Crippen LogP contribution in [-0.2, 0) is 16.1 Å². The highest BCUT2D eigenvalue weighted by molar-refractivity contribution is 5.96. The predicted molar refractivity (Wildman–Crippen MR) is 112 cm³/mol. The van der Waals surface area contributed by atoms with Crippen molar-refractivity contribution in [3.8, 4) is 0 Å². The van der Waals surface area contributed by atoms with Crippen LogP contribution in [0.3, 0.4) is 0 Å². The summed E-state index contributed by atoms with van der Waals surface area (Å²) in [7, 11) is 0. The van der Waals surface area contributed by atoms with Gasteiger partial charge in [0.25, 0.3) is 5.91 Å². The molecule has 0 radical (unpaired) electrons. The molecule has 30 heavy (non-hydrogen) atoms. The third-order valence-electron chi connectivity index (χ3n) is 3.97. The van der Waals surface area contributed by atoms with E-state index in [1.54, 1.807) is 12.1 Å². The number of rotatable bonds is 7. The Morgan fingerprint density at radius 1 is 1.00 bits per heavy atom. The van der Waals surface area contributed by atoms with Crippen LogP contribution < -0.4 is 16.4 Å². The number of nitrogens with two attached hydrogens (primary N) is 1. The minimum Gasteiger partial charge on any atom is -0.456 e. The van der Waals surface area contributed by atoms with Crippen molar-refractivity contribution in [2.75, 3.05) is 17.6 Å². The lowest BCUT2D eigenvalue weighted by Gasteiger charge is -2.09. The fourth-order valence-corrected chi connectivity index (χ4v) is 2.77.